The molecule has 8 aromatic carbocycles. The normalized spacial score (nSPS) is 14.8. The summed E-state index contributed by atoms with van der Waals surface area (Å²) in [5.41, 5.74) is 20.1. The third-order valence-electron chi connectivity index (χ3n) is 17.4. The van der Waals surface area contributed by atoms with E-state index >= 15 is 4.39 Å². The summed E-state index contributed by atoms with van der Waals surface area (Å²) in [6.07, 6.45) is 21.5. The Morgan fingerprint density at radius 1 is 0.364 bits per heavy atom. The SMILES string of the molecule is CCCCCCCCC1(CCCCCCCC)c2ccccc2-c2cc3c(cc21)-c1ccccc1C3(c1ccc(-c2cccc(-c3ccccn3)c2)cc1)c1ccc(-c2cc(-c3nccc4ccccc34)ccc2F)cc1. The van der Waals surface area contributed by atoms with Crippen LogP contribution in [-0.2, 0) is 10.8 Å². The van der Waals surface area contributed by atoms with Gasteiger partial charge in [0, 0.05) is 39.9 Å². The third-order valence-corrected chi connectivity index (χ3v) is 17.4. The van der Waals surface area contributed by atoms with Gasteiger partial charge in [-0.05, 0) is 145 Å². The van der Waals surface area contributed by atoms with Crippen molar-refractivity contribution in [2.75, 3.05) is 0 Å². The molecule has 3 heteroatoms. The predicted molar refractivity (Wildman–Crippen MR) is 321 cm³/mol. The number of fused-ring (bicyclic) bond motifs is 7. The van der Waals surface area contributed by atoms with Crippen molar-refractivity contribution in [3.8, 4) is 67.0 Å². The van der Waals surface area contributed by atoms with Gasteiger partial charge in [-0.15, -0.1) is 0 Å². The predicted octanol–water partition coefficient (Wildman–Crippen LogP) is 20.6. The molecular weight excluding hydrogens is 936 g/mol. The van der Waals surface area contributed by atoms with Crippen molar-refractivity contribution in [2.45, 2.75) is 115 Å². The van der Waals surface area contributed by atoms with Crippen molar-refractivity contribution in [3.63, 3.8) is 0 Å². The topological polar surface area (TPSA) is 25.8 Å². The summed E-state index contributed by atoms with van der Waals surface area (Å²) in [6, 6.07) is 72.6. The molecule has 1 atom stereocenters. The molecule has 0 amide bonds. The smallest absolute Gasteiger partial charge is 0.131 e. The molecule has 0 fully saturated rings. The summed E-state index contributed by atoms with van der Waals surface area (Å²) < 4.78 is 16.3. The molecule has 2 nitrogen and oxygen atoms in total. The van der Waals surface area contributed by atoms with Gasteiger partial charge in [-0.2, -0.15) is 0 Å². The van der Waals surface area contributed by atoms with Crippen molar-refractivity contribution in [2.24, 2.45) is 0 Å². The van der Waals surface area contributed by atoms with Crippen LogP contribution in [-0.4, -0.2) is 9.97 Å². The molecule has 0 N–H and O–H groups in total. The first kappa shape index (κ1) is 50.1. The monoisotopic (exact) mass is 1000 g/mol. The van der Waals surface area contributed by atoms with Crippen molar-refractivity contribution < 1.29 is 4.39 Å². The number of benzene rings is 8. The van der Waals surface area contributed by atoms with Crippen LogP contribution in [0, 0.1) is 5.82 Å². The van der Waals surface area contributed by atoms with Gasteiger partial charge < -0.3 is 0 Å². The lowest BCUT2D eigenvalue weighted by atomic mass is 9.66. The number of rotatable bonds is 20. The highest BCUT2D eigenvalue weighted by atomic mass is 19.1. The molecule has 10 aromatic rings. The molecular formula is C74H69FN2. The van der Waals surface area contributed by atoms with Crippen LogP contribution in [0.15, 0.2) is 213 Å². The minimum atomic E-state index is -0.681. The Morgan fingerprint density at radius 2 is 0.948 bits per heavy atom. The Hall–Kier alpha value is -7.75. The van der Waals surface area contributed by atoms with Gasteiger partial charge in [0.1, 0.15) is 5.82 Å². The Kier molecular flexibility index (Phi) is 14.4. The molecule has 77 heavy (non-hydrogen) atoms. The van der Waals surface area contributed by atoms with Crippen LogP contribution >= 0.6 is 0 Å². The van der Waals surface area contributed by atoms with Crippen LogP contribution in [0.1, 0.15) is 137 Å². The number of halogens is 1. The van der Waals surface area contributed by atoms with Gasteiger partial charge in [-0.3, -0.25) is 9.97 Å². The highest BCUT2D eigenvalue weighted by molar-refractivity contribution is 5.96. The Labute approximate surface area is 456 Å². The average Bonchev–Trinajstić information content (AvgIpc) is 4.06. The second-order valence-corrected chi connectivity index (χ2v) is 21.9. The van der Waals surface area contributed by atoms with E-state index in [0.29, 0.717) is 5.56 Å². The molecule has 0 aliphatic heterocycles. The quantitative estimate of drug-likeness (QED) is 0.0711. The molecule has 2 aliphatic rings. The molecule has 2 aliphatic carbocycles. The van der Waals surface area contributed by atoms with Crippen LogP contribution < -0.4 is 0 Å². The lowest BCUT2D eigenvalue weighted by Crippen LogP contribution is -2.29. The van der Waals surface area contributed by atoms with E-state index < -0.39 is 5.41 Å². The first-order chi connectivity index (χ1) is 38.0. The molecule has 0 radical (unpaired) electrons. The zero-order valence-electron chi connectivity index (χ0n) is 44.9. The minimum absolute atomic E-state index is 0.0517. The fraction of sp³-hybridized carbons (Fsp3) is 0.243. The number of unbranched alkanes of at least 4 members (excludes halogenated alkanes) is 10. The minimum Gasteiger partial charge on any atom is -0.256 e. The van der Waals surface area contributed by atoms with Gasteiger partial charge in [0.15, 0.2) is 0 Å². The van der Waals surface area contributed by atoms with E-state index in [1.807, 2.05) is 54.9 Å². The maximum absolute atomic E-state index is 16.3. The summed E-state index contributed by atoms with van der Waals surface area (Å²) in [7, 11) is 0. The van der Waals surface area contributed by atoms with E-state index in [9.17, 15) is 0 Å². The zero-order chi connectivity index (χ0) is 52.2. The molecule has 1 unspecified atom stereocenters. The molecule has 2 heterocycles. The van der Waals surface area contributed by atoms with Crippen molar-refractivity contribution >= 4 is 10.8 Å². The summed E-state index contributed by atoms with van der Waals surface area (Å²) in [6.45, 7) is 4.63. The zero-order valence-corrected chi connectivity index (χ0v) is 44.9. The van der Waals surface area contributed by atoms with E-state index in [0.717, 1.165) is 55.5 Å². The molecule has 0 bridgehead atoms. The highest BCUT2D eigenvalue weighted by Gasteiger charge is 2.50. The van der Waals surface area contributed by atoms with Crippen LogP contribution in [0.4, 0.5) is 4.39 Å². The van der Waals surface area contributed by atoms with E-state index in [-0.39, 0.29) is 11.2 Å². The second-order valence-electron chi connectivity index (χ2n) is 21.9. The molecule has 382 valence electrons. The van der Waals surface area contributed by atoms with Crippen molar-refractivity contribution in [1.82, 2.24) is 9.97 Å². The lowest BCUT2D eigenvalue weighted by Gasteiger charge is -2.35. The van der Waals surface area contributed by atoms with Gasteiger partial charge in [0.25, 0.3) is 0 Å². The Balaban J connectivity index is 1.02. The van der Waals surface area contributed by atoms with E-state index in [1.165, 1.54) is 140 Å². The Morgan fingerprint density at radius 3 is 1.66 bits per heavy atom. The largest absolute Gasteiger partial charge is 0.256 e. The highest BCUT2D eigenvalue weighted by Crippen LogP contribution is 2.62. The maximum atomic E-state index is 16.3. The maximum Gasteiger partial charge on any atom is 0.131 e. The van der Waals surface area contributed by atoms with Crippen LogP contribution in [0.5, 0.6) is 0 Å². The van der Waals surface area contributed by atoms with Gasteiger partial charge in [0.2, 0.25) is 0 Å². The van der Waals surface area contributed by atoms with Crippen LogP contribution in [0.3, 0.4) is 0 Å². The first-order valence-corrected chi connectivity index (χ1v) is 28.8. The van der Waals surface area contributed by atoms with Gasteiger partial charge >= 0.3 is 0 Å². The third kappa shape index (κ3) is 9.22. The standard InChI is InChI=1S/C74H69FN2/c1-3-5-7-9-11-20-44-73(45-21-12-10-8-6-4-2)66-30-17-15-28-61(66)64-51-69-65(50-68(64)73)62-29-16-18-31-67(62)74(69,58-38-33-52(34-39-58)55-25-23-26-56(48-55)71-32-19-22-46-76-71)59-40-35-54(36-41-59)63-49-57(37-42-70(63)75)72-60-27-14-13-24-53(60)43-47-77-72/h13-19,22-43,46-51H,3-12,20-21,44-45H2,1-2H3. The van der Waals surface area contributed by atoms with Gasteiger partial charge in [-0.1, -0.05) is 236 Å². The van der Waals surface area contributed by atoms with Crippen molar-refractivity contribution in [1.29, 1.82) is 0 Å². The van der Waals surface area contributed by atoms with Crippen LogP contribution in [0.2, 0.25) is 0 Å². The van der Waals surface area contributed by atoms with Gasteiger partial charge in [0.05, 0.1) is 16.8 Å². The van der Waals surface area contributed by atoms with E-state index in [2.05, 4.69) is 170 Å². The fourth-order valence-corrected chi connectivity index (χ4v) is 13.5. The number of hydrogen-bond donors (Lipinski definition) is 0. The summed E-state index contributed by atoms with van der Waals surface area (Å²) >= 11 is 0. The average molecular weight is 1010 g/mol. The summed E-state index contributed by atoms with van der Waals surface area (Å²) in [4.78, 5) is 9.49. The van der Waals surface area contributed by atoms with Crippen molar-refractivity contribution in [3.05, 3.63) is 252 Å². The van der Waals surface area contributed by atoms with E-state index in [1.54, 1.807) is 6.07 Å². The number of pyridine rings is 2. The number of hydrogen-bond acceptors (Lipinski definition) is 2. The summed E-state index contributed by atoms with van der Waals surface area (Å²) in [5, 5.41) is 2.16. The molecule has 0 saturated heterocycles. The molecule has 2 aromatic heterocycles. The first-order valence-electron chi connectivity index (χ1n) is 28.8. The lowest BCUT2D eigenvalue weighted by molar-refractivity contribution is 0.398. The molecule has 12 rings (SSSR count). The molecule has 0 spiro atoms. The summed E-state index contributed by atoms with van der Waals surface area (Å²) in [5.74, 6) is -0.254. The molecule has 0 saturated carbocycles. The van der Waals surface area contributed by atoms with E-state index in [4.69, 9.17) is 4.98 Å². The number of aromatic nitrogens is 2. The Bertz CT molecular complexity index is 3670. The fourth-order valence-electron chi connectivity index (χ4n) is 13.5. The number of nitrogens with zero attached hydrogens (tertiary/aromatic N) is 2. The second kappa shape index (κ2) is 22.1. The van der Waals surface area contributed by atoms with Gasteiger partial charge in [-0.25, -0.2) is 4.39 Å². The van der Waals surface area contributed by atoms with Crippen LogP contribution in [0.25, 0.3) is 77.8 Å².